The van der Waals surface area contributed by atoms with Crippen LogP contribution in [-0.4, -0.2) is 35.6 Å². The van der Waals surface area contributed by atoms with Crippen LogP contribution in [0.15, 0.2) is 11.8 Å². The van der Waals surface area contributed by atoms with Gasteiger partial charge in [0.25, 0.3) is 5.91 Å². The van der Waals surface area contributed by atoms with E-state index in [0.29, 0.717) is 5.92 Å². The quantitative estimate of drug-likeness (QED) is 0.505. The van der Waals surface area contributed by atoms with Gasteiger partial charge in [0.1, 0.15) is 0 Å². The van der Waals surface area contributed by atoms with Crippen LogP contribution in [0, 0.1) is 11.3 Å². The Balaban J connectivity index is 2.56. The number of nitrogens with two attached hydrogens (primary N) is 1. The number of carbonyl (C=O) groups excluding carboxylic acids is 2. The average Bonchev–Trinajstić information content (AvgIpc) is 3.20. The van der Waals surface area contributed by atoms with E-state index in [1.165, 1.54) is 12.8 Å². The molecule has 0 bridgehead atoms. The minimum atomic E-state index is -0.812. The van der Waals surface area contributed by atoms with Crippen LogP contribution in [0.5, 0.6) is 0 Å². The summed E-state index contributed by atoms with van der Waals surface area (Å²) in [6.45, 7) is 7.52. The highest BCUT2D eigenvalue weighted by atomic mass is 16.3. The standard InChI is InChI=1S/C15H27N3O3/c1-14(2,9-19)11(16)7-12(20)18-13(21)15(3,4)17-8-10-5-6-10/h7,10,17,19H,5-6,8-9,16H2,1-4H3,(H,18,20,21). The molecule has 1 saturated carbocycles. The van der Waals surface area contributed by atoms with E-state index in [9.17, 15) is 14.7 Å². The number of aliphatic hydroxyl groups is 1. The second-order valence-corrected chi connectivity index (χ2v) is 6.91. The topological polar surface area (TPSA) is 104 Å². The van der Waals surface area contributed by atoms with Crippen molar-refractivity contribution < 1.29 is 14.7 Å². The summed E-state index contributed by atoms with van der Waals surface area (Å²) in [5, 5.41) is 14.7. The van der Waals surface area contributed by atoms with Gasteiger partial charge in [0, 0.05) is 17.2 Å². The zero-order valence-corrected chi connectivity index (χ0v) is 13.3. The molecule has 21 heavy (non-hydrogen) atoms. The van der Waals surface area contributed by atoms with Gasteiger partial charge in [-0.15, -0.1) is 0 Å². The Kier molecular flexibility index (Phi) is 5.53. The van der Waals surface area contributed by atoms with Gasteiger partial charge in [-0.1, -0.05) is 13.8 Å². The Morgan fingerprint density at radius 3 is 2.33 bits per heavy atom. The van der Waals surface area contributed by atoms with Crippen LogP contribution in [0.1, 0.15) is 40.5 Å². The van der Waals surface area contributed by atoms with Crippen LogP contribution >= 0.6 is 0 Å². The fraction of sp³-hybridized carbons (Fsp3) is 0.733. The van der Waals surface area contributed by atoms with Crippen LogP contribution in [0.2, 0.25) is 0 Å². The van der Waals surface area contributed by atoms with E-state index in [1.807, 2.05) is 0 Å². The predicted molar refractivity (Wildman–Crippen MR) is 81.1 cm³/mol. The van der Waals surface area contributed by atoms with E-state index in [2.05, 4.69) is 10.6 Å². The summed E-state index contributed by atoms with van der Waals surface area (Å²) in [5.74, 6) is -0.312. The largest absolute Gasteiger partial charge is 0.401 e. The molecular formula is C15H27N3O3. The Morgan fingerprint density at radius 2 is 1.86 bits per heavy atom. The molecule has 0 saturated heterocycles. The molecule has 0 heterocycles. The van der Waals surface area contributed by atoms with E-state index >= 15 is 0 Å². The summed E-state index contributed by atoms with van der Waals surface area (Å²) in [7, 11) is 0. The molecule has 1 fully saturated rings. The first kappa shape index (κ1) is 17.7. The molecule has 0 radical (unpaired) electrons. The number of imide groups is 1. The lowest BCUT2D eigenvalue weighted by Gasteiger charge is -2.25. The molecule has 120 valence electrons. The second-order valence-electron chi connectivity index (χ2n) is 6.91. The van der Waals surface area contributed by atoms with Crippen molar-refractivity contribution in [1.29, 1.82) is 0 Å². The van der Waals surface area contributed by atoms with Crippen molar-refractivity contribution in [2.45, 2.75) is 46.1 Å². The maximum atomic E-state index is 12.1. The normalized spacial score (nSPS) is 16.7. The van der Waals surface area contributed by atoms with Crippen LogP contribution in [0.25, 0.3) is 0 Å². The number of hydrogen-bond donors (Lipinski definition) is 4. The van der Waals surface area contributed by atoms with Crippen molar-refractivity contribution in [2.75, 3.05) is 13.2 Å². The highest BCUT2D eigenvalue weighted by Crippen LogP contribution is 2.28. The molecule has 6 heteroatoms. The Labute approximate surface area is 126 Å². The summed E-state index contributed by atoms with van der Waals surface area (Å²) >= 11 is 0. The van der Waals surface area contributed by atoms with E-state index in [4.69, 9.17) is 5.73 Å². The third-order valence-corrected chi connectivity index (χ3v) is 3.80. The van der Waals surface area contributed by atoms with Gasteiger partial charge in [-0.05, 0) is 39.2 Å². The molecular weight excluding hydrogens is 270 g/mol. The Hall–Kier alpha value is -1.40. The van der Waals surface area contributed by atoms with Crippen LogP contribution in [0.4, 0.5) is 0 Å². The number of aliphatic hydroxyl groups excluding tert-OH is 1. The summed E-state index contributed by atoms with van der Waals surface area (Å²) in [6, 6.07) is 0. The molecule has 0 unspecified atom stereocenters. The number of rotatable bonds is 7. The zero-order valence-electron chi connectivity index (χ0n) is 13.3. The highest BCUT2D eigenvalue weighted by Gasteiger charge is 2.31. The smallest absolute Gasteiger partial charge is 0.252 e. The molecule has 1 aliphatic rings. The molecule has 5 N–H and O–H groups in total. The fourth-order valence-corrected chi connectivity index (χ4v) is 1.53. The number of hydrogen-bond acceptors (Lipinski definition) is 5. The molecule has 0 aromatic carbocycles. The summed E-state index contributed by atoms with van der Waals surface area (Å²) in [6.07, 6.45) is 3.55. The third-order valence-electron chi connectivity index (χ3n) is 3.80. The minimum absolute atomic E-state index is 0.176. The Morgan fingerprint density at radius 1 is 1.29 bits per heavy atom. The van der Waals surface area contributed by atoms with Crippen molar-refractivity contribution in [3.05, 3.63) is 11.8 Å². The van der Waals surface area contributed by atoms with Gasteiger partial charge in [-0.3, -0.25) is 14.9 Å². The average molecular weight is 297 g/mol. The van der Waals surface area contributed by atoms with Crippen molar-refractivity contribution in [1.82, 2.24) is 10.6 Å². The zero-order chi connectivity index (χ0) is 16.3. The lowest BCUT2D eigenvalue weighted by Crippen LogP contribution is -2.54. The Bertz CT molecular complexity index is 437. The van der Waals surface area contributed by atoms with Crippen molar-refractivity contribution in [3.63, 3.8) is 0 Å². The molecule has 0 spiro atoms. The van der Waals surface area contributed by atoms with E-state index in [0.717, 1.165) is 12.6 Å². The van der Waals surface area contributed by atoms with E-state index < -0.39 is 16.9 Å². The maximum absolute atomic E-state index is 12.1. The summed E-state index contributed by atoms with van der Waals surface area (Å²) in [4.78, 5) is 23.9. The van der Waals surface area contributed by atoms with Crippen molar-refractivity contribution in [2.24, 2.45) is 17.1 Å². The third kappa shape index (κ3) is 5.47. The second kappa shape index (κ2) is 6.58. The fourth-order valence-electron chi connectivity index (χ4n) is 1.53. The molecule has 1 rings (SSSR count). The molecule has 6 nitrogen and oxygen atoms in total. The summed E-state index contributed by atoms with van der Waals surface area (Å²) in [5.41, 5.74) is 4.50. The van der Waals surface area contributed by atoms with Crippen LogP contribution < -0.4 is 16.4 Å². The molecule has 0 aliphatic heterocycles. The first-order valence-electron chi connectivity index (χ1n) is 7.27. The van der Waals surface area contributed by atoms with Crippen LogP contribution in [-0.2, 0) is 9.59 Å². The molecule has 0 aromatic rings. The lowest BCUT2D eigenvalue weighted by molar-refractivity contribution is -0.131. The van der Waals surface area contributed by atoms with Gasteiger partial charge >= 0.3 is 0 Å². The SMILES string of the molecule is CC(C)(CO)C(N)=CC(=O)NC(=O)C(C)(C)NCC1CC1. The predicted octanol–water partition coefficient (Wildman–Crippen LogP) is 0.269. The first-order chi connectivity index (χ1) is 9.58. The van der Waals surface area contributed by atoms with Gasteiger partial charge in [0.05, 0.1) is 12.1 Å². The highest BCUT2D eigenvalue weighted by molar-refractivity contribution is 6.04. The number of amides is 2. The number of carbonyl (C=O) groups is 2. The summed E-state index contributed by atoms with van der Waals surface area (Å²) < 4.78 is 0. The number of nitrogens with one attached hydrogen (secondary N) is 2. The lowest BCUT2D eigenvalue weighted by atomic mass is 9.90. The van der Waals surface area contributed by atoms with E-state index in [1.54, 1.807) is 27.7 Å². The monoisotopic (exact) mass is 297 g/mol. The van der Waals surface area contributed by atoms with Gasteiger partial charge < -0.3 is 16.2 Å². The molecule has 1 aliphatic carbocycles. The molecule has 0 atom stereocenters. The molecule has 2 amide bonds. The first-order valence-corrected chi connectivity index (χ1v) is 7.27. The van der Waals surface area contributed by atoms with Crippen molar-refractivity contribution in [3.8, 4) is 0 Å². The van der Waals surface area contributed by atoms with Gasteiger partial charge in [-0.2, -0.15) is 0 Å². The van der Waals surface area contributed by atoms with Crippen molar-refractivity contribution >= 4 is 11.8 Å². The van der Waals surface area contributed by atoms with Gasteiger partial charge in [0.2, 0.25) is 5.91 Å². The van der Waals surface area contributed by atoms with Gasteiger partial charge in [0.15, 0.2) is 0 Å². The van der Waals surface area contributed by atoms with Gasteiger partial charge in [-0.25, -0.2) is 0 Å². The molecule has 0 aromatic heterocycles. The van der Waals surface area contributed by atoms with E-state index in [-0.39, 0.29) is 18.2 Å². The van der Waals surface area contributed by atoms with Crippen LogP contribution in [0.3, 0.4) is 0 Å². The minimum Gasteiger partial charge on any atom is -0.401 e. The maximum Gasteiger partial charge on any atom is 0.252 e.